The van der Waals surface area contributed by atoms with Gasteiger partial charge < -0.3 is 19.9 Å². The lowest BCUT2D eigenvalue weighted by atomic mass is 9.94. The number of methoxy groups -OCH3 is 1. The van der Waals surface area contributed by atoms with E-state index in [1.807, 2.05) is 18.2 Å². The minimum atomic E-state index is 0.194. The summed E-state index contributed by atoms with van der Waals surface area (Å²) in [6.45, 7) is 1.77. The number of ether oxygens (including phenoxy) is 2. The number of rotatable bonds is 7. The molecule has 1 heterocycles. The van der Waals surface area contributed by atoms with Crippen LogP contribution in [-0.2, 0) is 0 Å². The summed E-state index contributed by atoms with van der Waals surface area (Å²) in [6, 6.07) is 16.6. The van der Waals surface area contributed by atoms with Gasteiger partial charge in [-0.3, -0.25) is 0 Å². The molecule has 4 heteroatoms. The Kier molecular flexibility index (Phi) is 6.31. The topological polar surface area (TPSA) is 50.7 Å². The summed E-state index contributed by atoms with van der Waals surface area (Å²) in [7, 11) is 1.69. The molecular weight excluding hydrogens is 314 g/mol. The summed E-state index contributed by atoms with van der Waals surface area (Å²) >= 11 is 0. The average molecular weight is 341 g/mol. The predicted octanol–water partition coefficient (Wildman–Crippen LogP) is 3.66. The van der Waals surface area contributed by atoms with Crippen molar-refractivity contribution in [3.63, 3.8) is 0 Å². The Morgan fingerprint density at radius 3 is 2.84 bits per heavy atom. The highest BCUT2D eigenvalue weighted by Crippen LogP contribution is 2.34. The first-order valence-electron chi connectivity index (χ1n) is 9.01. The van der Waals surface area contributed by atoms with Crippen LogP contribution in [0.15, 0.2) is 48.5 Å². The first-order valence-corrected chi connectivity index (χ1v) is 9.01. The maximum Gasteiger partial charge on any atom is 0.124 e. The summed E-state index contributed by atoms with van der Waals surface area (Å²) in [5.74, 6) is 2.09. The second-order valence-electron chi connectivity index (χ2n) is 6.48. The van der Waals surface area contributed by atoms with Crippen LogP contribution >= 0.6 is 0 Å². The van der Waals surface area contributed by atoms with Crippen LogP contribution in [0.2, 0.25) is 0 Å². The van der Waals surface area contributed by atoms with Crippen LogP contribution in [0.25, 0.3) is 0 Å². The van der Waals surface area contributed by atoms with Crippen molar-refractivity contribution in [2.75, 3.05) is 26.9 Å². The van der Waals surface area contributed by atoms with Gasteiger partial charge in [-0.25, -0.2) is 0 Å². The molecule has 2 aromatic carbocycles. The quantitative estimate of drug-likeness (QED) is 0.807. The van der Waals surface area contributed by atoms with Gasteiger partial charge in [0.15, 0.2) is 0 Å². The number of fused-ring (bicyclic) bond motifs is 1. The molecule has 0 fully saturated rings. The molecule has 2 unspecified atom stereocenters. The van der Waals surface area contributed by atoms with Crippen molar-refractivity contribution in [3.05, 3.63) is 59.7 Å². The van der Waals surface area contributed by atoms with Crippen LogP contribution in [-0.4, -0.2) is 32.0 Å². The van der Waals surface area contributed by atoms with E-state index in [0.717, 1.165) is 49.5 Å². The van der Waals surface area contributed by atoms with E-state index >= 15 is 0 Å². The molecular formula is C21H27NO3. The number of aliphatic hydroxyl groups excluding tert-OH is 1. The summed E-state index contributed by atoms with van der Waals surface area (Å²) in [5.41, 5.74) is 2.42. The van der Waals surface area contributed by atoms with E-state index in [4.69, 9.17) is 9.47 Å². The van der Waals surface area contributed by atoms with Gasteiger partial charge in [0.2, 0.25) is 0 Å². The zero-order valence-electron chi connectivity index (χ0n) is 14.8. The number of nitrogens with one attached hydrogen (secondary N) is 1. The van der Waals surface area contributed by atoms with Crippen molar-refractivity contribution in [1.29, 1.82) is 0 Å². The monoisotopic (exact) mass is 341 g/mol. The van der Waals surface area contributed by atoms with Crippen LogP contribution in [0.3, 0.4) is 0 Å². The van der Waals surface area contributed by atoms with Crippen LogP contribution < -0.4 is 14.8 Å². The van der Waals surface area contributed by atoms with Gasteiger partial charge >= 0.3 is 0 Å². The van der Waals surface area contributed by atoms with E-state index in [-0.39, 0.29) is 12.6 Å². The average Bonchev–Trinajstić information content (AvgIpc) is 2.87. The van der Waals surface area contributed by atoms with Crippen molar-refractivity contribution in [2.24, 2.45) is 0 Å². The third-order valence-electron chi connectivity index (χ3n) is 4.85. The van der Waals surface area contributed by atoms with Gasteiger partial charge in [-0.2, -0.15) is 0 Å². The van der Waals surface area contributed by atoms with E-state index in [2.05, 4.69) is 35.6 Å². The molecule has 0 spiro atoms. The highest BCUT2D eigenvalue weighted by Gasteiger charge is 2.22. The Hall–Kier alpha value is -2.04. The third kappa shape index (κ3) is 4.53. The molecule has 3 rings (SSSR count). The molecule has 4 nitrogen and oxygen atoms in total. The number of hydrogen-bond acceptors (Lipinski definition) is 4. The molecule has 2 atom stereocenters. The van der Waals surface area contributed by atoms with Gasteiger partial charge in [0.25, 0.3) is 0 Å². The molecule has 0 saturated heterocycles. The summed E-state index contributed by atoms with van der Waals surface area (Å²) in [4.78, 5) is 0. The van der Waals surface area contributed by atoms with Crippen molar-refractivity contribution in [1.82, 2.24) is 5.32 Å². The van der Waals surface area contributed by atoms with Crippen molar-refractivity contribution in [2.45, 2.75) is 31.2 Å². The molecule has 25 heavy (non-hydrogen) atoms. The fraction of sp³-hybridized carbons (Fsp3) is 0.429. The molecule has 0 saturated carbocycles. The normalized spacial score (nSPS) is 17.9. The summed E-state index contributed by atoms with van der Waals surface area (Å²) in [5, 5.41) is 13.1. The van der Waals surface area contributed by atoms with Gasteiger partial charge in [-0.15, -0.1) is 0 Å². The summed E-state index contributed by atoms with van der Waals surface area (Å²) in [6.07, 6.45) is 2.80. The Bertz CT molecular complexity index is 659. The third-order valence-corrected chi connectivity index (χ3v) is 4.85. The predicted molar refractivity (Wildman–Crippen MR) is 99.4 cm³/mol. The largest absolute Gasteiger partial charge is 0.497 e. The molecule has 0 amide bonds. The highest BCUT2D eigenvalue weighted by atomic mass is 16.5. The smallest absolute Gasteiger partial charge is 0.124 e. The minimum Gasteiger partial charge on any atom is -0.497 e. The van der Waals surface area contributed by atoms with E-state index in [0.29, 0.717) is 5.92 Å². The van der Waals surface area contributed by atoms with E-state index in [1.54, 1.807) is 7.11 Å². The molecule has 0 bridgehead atoms. The van der Waals surface area contributed by atoms with Gasteiger partial charge in [0, 0.05) is 24.8 Å². The van der Waals surface area contributed by atoms with Crippen molar-refractivity contribution in [3.8, 4) is 11.5 Å². The Labute approximate surface area is 149 Å². The minimum absolute atomic E-state index is 0.194. The van der Waals surface area contributed by atoms with Crippen LogP contribution in [0.1, 0.15) is 42.3 Å². The van der Waals surface area contributed by atoms with Crippen LogP contribution in [0.4, 0.5) is 0 Å². The molecule has 0 aromatic heterocycles. The maximum atomic E-state index is 9.44. The van der Waals surface area contributed by atoms with Crippen molar-refractivity contribution < 1.29 is 14.6 Å². The van der Waals surface area contributed by atoms with Gasteiger partial charge in [-0.1, -0.05) is 30.3 Å². The Morgan fingerprint density at radius 1 is 1.24 bits per heavy atom. The van der Waals surface area contributed by atoms with Gasteiger partial charge in [0.05, 0.1) is 13.7 Å². The first-order chi connectivity index (χ1) is 12.3. The second kappa shape index (κ2) is 8.88. The van der Waals surface area contributed by atoms with Crippen LogP contribution in [0.5, 0.6) is 11.5 Å². The Balaban J connectivity index is 1.75. The first kappa shape index (κ1) is 17.8. The van der Waals surface area contributed by atoms with Gasteiger partial charge in [-0.05, 0) is 48.9 Å². The van der Waals surface area contributed by atoms with Gasteiger partial charge in [0.1, 0.15) is 11.5 Å². The molecule has 134 valence electrons. The maximum absolute atomic E-state index is 9.44. The van der Waals surface area contributed by atoms with E-state index in [9.17, 15) is 5.11 Å². The lowest BCUT2D eigenvalue weighted by Crippen LogP contribution is -2.27. The SMILES string of the molecule is COc1ccc2c(c1)C(NCC(CCO)c1ccccc1)CCCO2. The fourth-order valence-corrected chi connectivity index (χ4v) is 3.45. The lowest BCUT2D eigenvalue weighted by molar-refractivity contribution is 0.271. The second-order valence-corrected chi connectivity index (χ2v) is 6.48. The lowest BCUT2D eigenvalue weighted by Gasteiger charge is -2.23. The number of aliphatic hydroxyl groups is 1. The fourth-order valence-electron chi connectivity index (χ4n) is 3.45. The molecule has 0 radical (unpaired) electrons. The van der Waals surface area contributed by atoms with Crippen LogP contribution in [0, 0.1) is 0 Å². The molecule has 1 aliphatic heterocycles. The zero-order chi connectivity index (χ0) is 17.5. The molecule has 2 N–H and O–H groups in total. The van der Waals surface area contributed by atoms with Crippen molar-refractivity contribution >= 4 is 0 Å². The number of hydrogen-bond donors (Lipinski definition) is 2. The Morgan fingerprint density at radius 2 is 2.08 bits per heavy atom. The zero-order valence-corrected chi connectivity index (χ0v) is 14.8. The number of benzene rings is 2. The standard InChI is InChI=1S/C21H27NO3/c1-24-18-9-10-21-19(14-18)20(8-5-13-25-21)22-15-17(11-12-23)16-6-3-2-4-7-16/h2-4,6-7,9-10,14,17,20,22-23H,5,8,11-13,15H2,1H3. The van der Waals surface area contributed by atoms with E-state index in [1.165, 1.54) is 5.56 Å². The molecule has 1 aliphatic rings. The highest BCUT2D eigenvalue weighted by molar-refractivity contribution is 5.42. The summed E-state index contributed by atoms with van der Waals surface area (Å²) < 4.78 is 11.3. The molecule has 2 aromatic rings. The van der Waals surface area contributed by atoms with E-state index < -0.39 is 0 Å². The molecule has 0 aliphatic carbocycles.